The highest BCUT2D eigenvalue weighted by atomic mass is 32.1. The van der Waals surface area contributed by atoms with E-state index in [2.05, 4.69) is 9.97 Å². The summed E-state index contributed by atoms with van der Waals surface area (Å²) in [6.07, 6.45) is 1.43. The van der Waals surface area contributed by atoms with Crippen LogP contribution in [0.4, 0.5) is 8.78 Å². The molecule has 0 aliphatic rings. The monoisotopic (exact) mass is 471 g/mol. The molecule has 5 aromatic rings. The van der Waals surface area contributed by atoms with E-state index < -0.39 is 17.2 Å². The highest BCUT2D eigenvalue weighted by Crippen LogP contribution is 2.31. The van der Waals surface area contributed by atoms with Crippen molar-refractivity contribution in [2.75, 3.05) is 7.11 Å². The molecule has 32 heavy (non-hydrogen) atoms. The summed E-state index contributed by atoms with van der Waals surface area (Å²) in [6.45, 7) is 0. The summed E-state index contributed by atoms with van der Waals surface area (Å²) in [4.78, 5) is 21.5. The van der Waals surface area contributed by atoms with Crippen molar-refractivity contribution in [2.24, 2.45) is 0 Å². The molecule has 0 saturated heterocycles. The number of benzene rings is 2. The molecule has 3 heterocycles. The quantitative estimate of drug-likeness (QED) is 0.325. The van der Waals surface area contributed by atoms with Gasteiger partial charge in [-0.05, 0) is 24.4 Å². The number of hydrogen-bond acceptors (Lipinski definition) is 8. The summed E-state index contributed by atoms with van der Waals surface area (Å²) in [6, 6.07) is 9.38. The first kappa shape index (κ1) is 20.2. The van der Waals surface area contributed by atoms with Crippen LogP contribution in [0.1, 0.15) is 0 Å². The molecule has 0 aliphatic heterocycles. The van der Waals surface area contributed by atoms with Gasteiger partial charge in [-0.15, -0.1) is 0 Å². The molecule has 0 fully saturated rings. The summed E-state index contributed by atoms with van der Waals surface area (Å²) in [5, 5.41) is 0.277. The number of nitrogens with zero attached hydrogens (tertiary/aromatic N) is 3. The maximum absolute atomic E-state index is 13.4. The normalized spacial score (nSPS) is 11.2. The van der Waals surface area contributed by atoms with E-state index >= 15 is 0 Å². The third kappa shape index (κ3) is 3.51. The molecule has 0 saturated carbocycles. The number of pyridine rings is 1. The van der Waals surface area contributed by atoms with Gasteiger partial charge in [0.1, 0.15) is 23.1 Å². The van der Waals surface area contributed by atoms with Crippen LogP contribution in [0.5, 0.6) is 17.2 Å². The van der Waals surface area contributed by atoms with Crippen LogP contribution in [0.3, 0.4) is 0 Å². The van der Waals surface area contributed by atoms with Gasteiger partial charge in [0.2, 0.25) is 10.7 Å². The fraction of sp³-hybridized carbons (Fsp3) is 0.0476. The largest absolute Gasteiger partial charge is 0.493 e. The molecule has 2 aromatic carbocycles. The van der Waals surface area contributed by atoms with Crippen LogP contribution >= 0.6 is 23.6 Å². The number of methoxy groups -OCH3 is 1. The second-order valence-corrected chi connectivity index (χ2v) is 7.89. The summed E-state index contributed by atoms with van der Waals surface area (Å²) < 4.78 is 45.0. The van der Waals surface area contributed by atoms with E-state index in [0.29, 0.717) is 21.7 Å². The van der Waals surface area contributed by atoms with Gasteiger partial charge in [-0.1, -0.05) is 11.3 Å². The van der Waals surface area contributed by atoms with E-state index in [1.54, 1.807) is 24.3 Å². The summed E-state index contributed by atoms with van der Waals surface area (Å²) in [5.74, 6) is -0.792. The van der Waals surface area contributed by atoms with Crippen LogP contribution in [-0.4, -0.2) is 21.6 Å². The highest BCUT2D eigenvalue weighted by Gasteiger charge is 2.17. The van der Waals surface area contributed by atoms with Gasteiger partial charge in [0.05, 0.1) is 17.3 Å². The molecule has 0 amide bonds. The van der Waals surface area contributed by atoms with Crippen molar-refractivity contribution >= 4 is 44.9 Å². The van der Waals surface area contributed by atoms with Crippen LogP contribution in [0.25, 0.3) is 26.4 Å². The smallest absolute Gasteiger partial charge is 0.290 e. The average Bonchev–Trinajstić information content (AvgIpc) is 3.15. The molecule has 0 N–H and O–H groups in total. The van der Waals surface area contributed by atoms with Crippen LogP contribution in [-0.2, 0) is 0 Å². The zero-order chi connectivity index (χ0) is 22.4. The van der Waals surface area contributed by atoms with Gasteiger partial charge < -0.3 is 13.9 Å². The lowest BCUT2D eigenvalue weighted by atomic mass is 10.3. The second-order valence-electron chi connectivity index (χ2n) is 6.53. The lowest BCUT2D eigenvalue weighted by Gasteiger charge is -2.05. The topological polar surface area (TPSA) is 79.4 Å². The van der Waals surface area contributed by atoms with Crippen molar-refractivity contribution in [3.8, 4) is 22.4 Å². The number of hydrogen-bond donors (Lipinski definition) is 0. The third-order valence-corrected chi connectivity index (χ3v) is 5.75. The van der Waals surface area contributed by atoms with Crippen molar-refractivity contribution in [3.05, 3.63) is 75.5 Å². The molecule has 7 nitrogen and oxygen atoms in total. The molecule has 0 radical (unpaired) electrons. The van der Waals surface area contributed by atoms with Crippen LogP contribution in [0.2, 0.25) is 0 Å². The van der Waals surface area contributed by atoms with Crippen molar-refractivity contribution in [2.45, 2.75) is 0 Å². The van der Waals surface area contributed by atoms with Crippen LogP contribution in [0.15, 0.2) is 57.9 Å². The van der Waals surface area contributed by atoms with Gasteiger partial charge in [-0.2, -0.15) is 0 Å². The first-order valence-corrected chi connectivity index (χ1v) is 10.3. The molecule has 0 bridgehead atoms. The van der Waals surface area contributed by atoms with Gasteiger partial charge in [-0.3, -0.25) is 4.79 Å². The lowest BCUT2D eigenvalue weighted by molar-refractivity contribution is 0.404. The second kappa shape index (κ2) is 7.77. The first-order chi connectivity index (χ1) is 15.4. The standard InChI is InChI=1S/C21H11F2N3O4S2/c1-28-15-4-5-24-17-18(15)30-21(31)26(19(17)27)20-25-14-3-2-12(9-16(14)32-20)29-13-7-10(22)6-11(23)8-13/h2-9H,1H3. The Labute approximate surface area is 187 Å². The number of halogens is 2. The molecule has 0 aliphatic carbocycles. The Kier molecular flexibility index (Phi) is 4.91. The van der Waals surface area contributed by atoms with E-state index in [1.165, 1.54) is 24.6 Å². The molecule has 11 heteroatoms. The van der Waals surface area contributed by atoms with Crippen molar-refractivity contribution < 1.29 is 22.7 Å². The number of aromatic nitrogens is 3. The minimum atomic E-state index is -0.746. The maximum atomic E-state index is 13.4. The zero-order valence-electron chi connectivity index (χ0n) is 16.2. The van der Waals surface area contributed by atoms with Crippen molar-refractivity contribution in [1.29, 1.82) is 0 Å². The fourth-order valence-electron chi connectivity index (χ4n) is 3.10. The first-order valence-electron chi connectivity index (χ1n) is 9.07. The molecule has 160 valence electrons. The van der Waals surface area contributed by atoms with Gasteiger partial charge in [-0.25, -0.2) is 23.3 Å². The molecule has 5 rings (SSSR count). The predicted molar refractivity (Wildman–Crippen MR) is 117 cm³/mol. The fourth-order valence-corrected chi connectivity index (χ4v) is 4.41. The predicted octanol–water partition coefficient (Wildman–Crippen LogP) is 5.40. The highest BCUT2D eigenvalue weighted by molar-refractivity contribution is 7.71. The Balaban J connectivity index is 1.59. The van der Waals surface area contributed by atoms with Gasteiger partial charge >= 0.3 is 0 Å². The zero-order valence-corrected chi connectivity index (χ0v) is 17.8. The molecular formula is C21H11F2N3O4S2. The Morgan fingerprint density at radius 3 is 2.62 bits per heavy atom. The Bertz CT molecular complexity index is 1610. The van der Waals surface area contributed by atoms with E-state index in [1.807, 2.05) is 0 Å². The van der Waals surface area contributed by atoms with Gasteiger partial charge in [0, 0.05) is 36.5 Å². The summed E-state index contributed by atoms with van der Waals surface area (Å²) in [7, 11) is 1.45. The SMILES string of the molecule is COc1ccnc2c(=O)n(-c3nc4ccc(Oc5cc(F)cc(F)c5)cc4s3)c(=S)oc12. The Morgan fingerprint density at radius 2 is 1.88 bits per heavy atom. The van der Waals surface area contributed by atoms with E-state index in [9.17, 15) is 13.6 Å². The van der Waals surface area contributed by atoms with E-state index in [-0.39, 0.29) is 26.8 Å². The van der Waals surface area contributed by atoms with E-state index in [4.69, 9.17) is 26.1 Å². The summed E-state index contributed by atoms with van der Waals surface area (Å²) >= 11 is 6.45. The summed E-state index contributed by atoms with van der Waals surface area (Å²) in [5.41, 5.74) is 0.276. The average molecular weight is 471 g/mol. The number of thiazole rings is 1. The molecule has 0 atom stereocenters. The Morgan fingerprint density at radius 1 is 1.09 bits per heavy atom. The molecule has 3 aromatic heterocycles. The third-order valence-electron chi connectivity index (χ3n) is 4.48. The van der Waals surface area contributed by atoms with Gasteiger partial charge in [0.15, 0.2) is 11.3 Å². The Hall–Kier alpha value is -3.70. The maximum Gasteiger partial charge on any atom is 0.290 e. The molecular weight excluding hydrogens is 460 g/mol. The van der Waals surface area contributed by atoms with E-state index in [0.717, 1.165) is 22.8 Å². The minimum Gasteiger partial charge on any atom is -0.493 e. The number of fused-ring (bicyclic) bond motifs is 2. The van der Waals surface area contributed by atoms with Crippen molar-refractivity contribution in [1.82, 2.24) is 14.5 Å². The minimum absolute atomic E-state index is 0.0176. The van der Waals surface area contributed by atoms with Crippen LogP contribution < -0.4 is 15.0 Å². The van der Waals surface area contributed by atoms with Gasteiger partial charge in [0.25, 0.3) is 10.4 Å². The molecule has 0 spiro atoms. The molecule has 0 unspecified atom stereocenters. The number of ether oxygens (including phenoxy) is 2. The lowest BCUT2D eigenvalue weighted by Crippen LogP contribution is -2.20. The van der Waals surface area contributed by atoms with Crippen molar-refractivity contribution in [3.63, 3.8) is 0 Å². The van der Waals surface area contributed by atoms with Crippen LogP contribution in [0, 0.1) is 16.5 Å². The number of rotatable bonds is 4.